The summed E-state index contributed by atoms with van der Waals surface area (Å²) in [6.07, 6.45) is 2.70. The molecule has 0 saturated carbocycles. The molecule has 0 fully saturated rings. The molecular weight excluding hydrogens is 433 g/mol. The molecule has 0 spiro atoms. The van der Waals surface area contributed by atoms with Gasteiger partial charge in [-0.05, 0) is 37.7 Å². The highest BCUT2D eigenvalue weighted by Gasteiger charge is 2.15. The number of thiophene rings is 1. The van der Waals surface area contributed by atoms with Crippen LogP contribution >= 0.6 is 35.3 Å². The van der Waals surface area contributed by atoms with Crippen LogP contribution in [-0.4, -0.2) is 50.1 Å². The second-order valence-corrected chi connectivity index (χ2v) is 6.43. The average Bonchev–Trinajstić information content (AvgIpc) is 3.08. The van der Waals surface area contributed by atoms with Gasteiger partial charge in [-0.15, -0.1) is 35.3 Å². The van der Waals surface area contributed by atoms with Crippen molar-refractivity contribution in [3.05, 3.63) is 52.5 Å². The summed E-state index contributed by atoms with van der Waals surface area (Å²) in [5, 5.41) is 8.87. The third kappa shape index (κ3) is 6.74. The Bertz CT molecular complexity index is 586. The largest absolute Gasteiger partial charge is 0.356 e. The van der Waals surface area contributed by atoms with Crippen LogP contribution in [0.4, 0.5) is 0 Å². The molecule has 0 amide bonds. The summed E-state index contributed by atoms with van der Waals surface area (Å²) >= 11 is 1.78. The lowest BCUT2D eigenvalue weighted by molar-refractivity contribution is 0.302. The van der Waals surface area contributed by atoms with Crippen molar-refractivity contribution < 1.29 is 0 Å². The highest BCUT2D eigenvalue weighted by atomic mass is 127. The summed E-state index contributed by atoms with van der Waals surface area (Å²) in [6.45, 7) is 1.62. The fraction of sp³-hybridized carbons (Fsp3) is 0.412. The lowest BCUT2D eigenvalue weighted by Gasteiger charge is -2.24. The van der Waals surface area contributed by atoms with Crippen LogP contribution in [0.15, 0.2) is 46.9 Å². The molecule has 132 valence electrons. The first-order chi connectivity index (χ1) is 11.2. The molecule has 0 aliphatic carbocycles. The number of guanidine groups is 1. The second-order valence-electron chi connectivity index (χ2n) is 5.45. The summed E-state index contributed by atoms with van der Waals surface area (Å²) in [7, 11) is 6.00. The van der Waals surface area contributed by atoms with Crippen molar-refractivity contribution in [3.8, 4) is 0 Å². The maximum Gasteiger partial charge on any atom is 0.191 e. The van der Waals surface area contributed by atoms with Gasteiger partial charge < -0.3 is 15.5 Å². The van der Waals surface area contributed by atoms with Crippen LogP contribution in [0.5, 0.6) is 0 Å². The molecule has 5 nitrogen and oxygen atoms in total. The zero-order chi connectivity index (χ0) is 16.5. The Labute approximate surface area is 165 Å². The molecule has 0 bridgehead atoms. The number of pyridine rings is 1. The Morgan fingerprint density at radius 1 is 1.25 bits per heavy atom. The first-order valence-electron chi connectivity index (χ1n) is 7.75. The first kappa shape index (κ1) is 20.9. The molecule has 2 aromatic rings. The molecule has 1 unspecified atom stereocenters. The minimum Gasteiger partial charge on any atom is -0.356 e. The molecule has 0 aliphatic rings. The second kappa shape index (κ2) is 11.4. The molecule has 0 radical (unpaired) electrons. The highest BCUT2D eigenvalue weighted by molar-refractivity contribution is 14.0. The smallest absolute Gasteiger partial charge is 0.191 e. The summed E-state index contributed by atoms with van der Waals surface area (Å²) in [4.78, 5) is 12.2. The van der Waals surface area contributed by atoms with Gasteiger partial charge in [-0.3, -0.25) is 9.98 Å². The molecule has 2 rings (SSSR count). The summed E-state index contributed by atoms with van der Waals surface area (Å²) in [5.74, 6) is 0.823. The predicted octanol–water partition coefficient (Wildman–Crippen LogP) is 2.77. The molecule has 0 aromatic carbocycles. The molecule has 7 heteroatoms. The monoisotopic (exact) mass is 459 g/mol. The van der Waals surface area contributed by atoms with Crippen LogP contribution in [0.3, 0.4) is 0 Å². The fourth-order valence-electron chi connectivity index (χ4n) is 2.29. The van der Waals surface area contributed by atoms with Crippen molar-refractivity contribution in [1.29, 1.82) is 0 Å². The van der Waals surface area contributed by atoms with Crippen molar-refractivity contribution in [1.82, 2.24) is 20.5 Å². The third-order valence-electron chi connectivity index (χ3n) is 3.58. The van der Waals surface area contributed by atoms with Gasteiger partial charge >= 0.3 is 0 Å². The van der Waals surface area contributed by atoms with E-state index in [9.17, 15) is 0 Å². The zero-order valence-electron chi connectivity index (χ0n) is 14.4. The van der Waals surface area contributed by atoms with Crippen LogP contribution in [-0.2, 0) is 6.42 Å². The summed E-state index contributed by atoms with van der Waals surface area (Å²) < 4.78 is 0. The maximum absolute atomic E-state index is 4.33. The Morgan fingerprint density at radius 2 is 2.08 bits per heavy atom. The van der Waals surface area contributed by atoms with Crippen LogP contribution in [0, 0.1) is 0 Å². The molecule has 24 heavy (non-hydrogen) atoms. The molecule has 2 aromatic heterocycles. The summed E-state index contributed by atoms with van der Waals surface area (Å²) in [5.41, 5.74) is 1.08. The molecular formula is C17H26IN5S. The van der Waals surface area contributed by atoms with Gasteiger partial charge in [0.1, 0.15) is 0 Å². The Balaban J connectivity index is 0.00000288. The van der Waals surface area contributed by atoms with Gasteiger partial charge in [-0.2, -0.15) is 0 Å². The first-order valence-corrected chi connectivity index (χ1v) is 8.63. The van der Waals surface area contributed by atoms with Gasteiger partial charge in [0.15, 0.2) is 5.96 Å². The van der Waals surface area contributed by atoms with Gasteiger partial charge in [0.05, 0.1) is 6.04 Å². The number of halogens is 1. The lowest BCUT2D eigenvalue weighted by Crippen LogP contribution is -2.42. The number of aromatic nitrogens is 1. The minimum absolute atomic E-state index is 0. The third-order valence-corrected chi connectivity index (χ3v) is 4.55. The van der Waals surface area contributed by atoms with E-state index in [1.807, 2.05) is 24.4 Å². The van der Waals surface area contributed by atoms with Crippen LogP contribution in [0.1, 0.15) is 16.6 Å². The number of hydrogen-bond acceptors (Lipinski definition) is 4. The molecule has 0 aliphatic heterocycles. The van der Waals surface area contributed by atoms with Gasteiger partial charge in [-0.25, -0.2) is 0 Å². The molecule has 0 saturated heterocycles. The minimum atomic E-state index is 0. The number of likely N-dealkylation sites (N-methyl/N-ethyl adjacent to an activating group) is 1. The highest BCUT2D eigenvalue weighted by Crippen LogP contribution is 2.22. The van der Waals surface area contributed by atoms with Gasteiger partial charge in [0.25, 0.3) is 0 Å². The van der Waals surface area contributed by atoms with Gasteiger partial charge in [0.2, 0.25) is 0 Å². The van der Waals surface area contributed by atoms with Gasteiger partial charge in [0, 0.05) is 43.3 Å². The van der Waals surface area contributed by atoms with Gasteiger partial charge in [-0.1, -0.05) is 12.1 Å². The average molecular weight is 459 g/mol. The van der Waals surface area contributed by atoms with E-state index in [2.05, 4.69) is 57.1 Å². The van der Waals surface area contributed by atoms with Crippen molar-refractivity contribution in [2.45, 2.75) is 12.5 Å². The van der Waals surface area contributed by atoms with E-state index < -0.39 is 0 Å². The van der Waals surface area contributed by atoms with E-state index in [1.165, 1.54) is 4.88 Å². The topological polar surface area (TPSA) is 52.6 Å². The standard InChI is InChI=1S/C17H25N5S.HI/c1-18-17(20-11-9-14-7-4-5-10-19-14)21-13-15(22(2)3)16-8-6-12-23-16;/h4-8,10,12,15H,9,11,13H2,1-3H3,(H2,18,20,21);1H. The van der Waals surface area contributed by atoms with E-state index in [1.54, 1.807) is 18.4 Å². The zero-order valence-corrected chi connectivity index (χ0v) is 17.5. The number of hydrogen-bond donors (Lipinski definition) is 2. The molecule has 2 N–H and O–H groups in total. The number of rotatable bonds is 7. The van der Waals surface area contributed by atoms with Crippen LogP contribution in [0.2, 0.25) is 0 Å². The molecule has 1 atom stereocenters. The van der Waals surface area contributed by atoms with E-state index in [4.69, 9.17) is 0 Å². The SMILES string of the molecule is CN=C(NCCc1ccccn1)NCC(c1cccs1)N(C)C.I. The van der Waals surface area contributed by atoms with Crippen LogP contribution < -0.4 is 10.6 Å². The fourth-order valence-corrected chi connectivity index (χ4v) is 3.21. The Hall–Kier alpha value is -1.19. The van der Waals surface area contributed by atoms with Crippen molar-refractivity contribution in [2.75, 3.05) is 34.2 Å². The Morgan fingerprint density at radius 3 is 2.67 bits per heavy atom. The van der Waals surface area contributed by atoms with Crippen molar-refractivity contribution in [3.63, 3.8) is 0 Å². The normalized spacial score (nSPS) is 12.6. The van der Waals surface area contributed by atoms with E-state index in [-0.39, 0.29) is 24.0 Å². The van der Waals surface area contributed by atoms with E-state index >= 15 is 0 Å². The van der Waals surface area contributed by atoms with E-state index in [0.29, 0.717) is 6.04 Å². The van der Waals surface area contributed by atoms with Crippen LogP contribution in [0.25, 0.3) is 0 Å². The number of nitrogens with zero attached hydrogens (tertiary/aromatic N) is 3. The van der Waals surface area contributed by atoms with E-state index in [0.717, 1.165) is 31.2 Å². The number of nitrogens with one attached hydrogen (secondary N) is 2. The van der Waals surface area contributed by atoms with Crippen molar-refractivity contribution in [2.24, 2.45) is 4.99 Å². The predicted molar refractivity (Wildman–Crippen MR) is 113 cm³/mol. The quantitative estimate of drug-likeness (QED) is 0.380. The Kier molecular flexibility index (Phi) is 9.89. The number of aliphatic imine (C=N–C) groups is 1. The summed E-state index contributed by atoms with van der Waals surface area (Å²) in [6, 6.07) is 10.6. The van der Waals surface area contributed by atoms with Crippen molar-refractivity contribution >= 4 is 41.3 Å². The maximum atomic E-state index is 4.33. The molecule has 2 heterocycles. The lowest BCUT2D eigenvalue weighted by atomic mass is 10.2.